The highest BCUT2D eigenvalue weighted by Crippen LogP contribution is 2.41. The van der Waals surface area contributed by atoms with Crippen LogP contribution in [0.2, 0.25) is 0 Å². The number of benzene rings is 1. The third-order valence-corrected chi connectivity index (χ3v) is 4.45. The van der Waals surface area contributed by atoms with Crippen LogP contribution in [-0.2, 0) is 5.60 Å². The molecule has 2 fully saturated rings. The molecule has 0 aromatic heterocycles. The van der Waals surface area contributed by atoms with Crippen LogP contribution in [0, 0.1) is 6.92 Å². The van der Waals surface area contributed by atoms with E-state index in [0.29, 0.717) is 12.1 Å². The van der Waals surface area contributed by atoms with Gasteiger partial charge < -0.3 is 15.2 Å². The third-order valence-electron chi connectivity index (χ3n) is 4.45. The van der Waals surface area contributed by atoms with E-state index < -0.39 is 5.60 Å². The van der Waals surface area contributed by atoms with Gasteiger partial charge in [0.15, 0.2) is 0 Å². The van der Waals surface area contributed by atoms with Gasteiger partial charge in [0, 0.05) is 12.1 Å². The molecule has 2 atom stereocenters. The first kappa shape index (κ1) is 12.0. The van der Waals surface area contributed by atoms with Crippen molar-refractivity contribution >= 4 is 0 Å². The van der Waals surface area contributed by atoms with E-state index >= 15 is 0 Å². The van der Waals surface area contributed by atoms with Crippen molar-refractivity contribution in [1.29, 1.82) is 0 Å². The molecule has 0 radical (unpaired) electrons. The largest absolute Gasteiger partial charge is 0.496 e. The molecule has 0 aliphatic carbocycles. The number of aryl methyl sites for hydroxylation is 1. The summed E-state index contributed by atoms with van der Waals surface area (Å²) in [6.45, 7) is 2.03. The molecule has 2 unspecified atom stereocenters. The minimum Gasteiger partial charge on any atom is -0.496 e. The molecular weight excluding hydrogens is 226 g/mol. The fourth-order valence-corrected chi connectivity index (χ4v) is 3.47. The van der Waals surface area contributed by atoms with Crippen molar-refractivity contribution in [2.45, 2.75) is 50.3 Å². The predicted octanol–water partition coefficient (Wildman–Crippen LogP) is 2.11. The van der Waals surface area contributed by atoms with Crippen molar-refractivity contribution in [3.63, 3.8) is 0 Å². The number of hydrogen-bond donors (Lipinski definition) is 2. The van der Waals surface area contributed by atoms with Crippen molar-refractivity contribution < 1.29 is 9.84 Å². The molecule has 1 aromatic rings. The highest BCUT2D eigenvalue weighted by atomic mass is 16.5. The molecule has 98 valence electrons. The molecule has 3 nitrogen and oxygen atoms in total. The molecule has 18 heavy (non-hydrogen) atoms. The smallest absolute Gasteiger partial charge is 0.122 e. The lowest BCUT2D eigenvalue weighted by molar-refractivity contribution is -0.0116. The average Bonchev–Trinajstić information content (AvgIpc) is 2.69. The number of nitrogens with one attached hydrogen (secondary N) is 1. The van der Waals surface area contributed by atoms with E-state index in [1.165, 1.54) is 12.8 Å². The Bertz CT molecular complexity index is 446. The van der Waals surface area contributed by atoms with E-state index in [4.69, 9.17) is 4.74 Å². The summed E-state index contributed by atoms with van der Waals surface area (Å²) < 4.78 is 5.36. The molecule has 2 aliphatic rings. The van der Waals surface area contributed by atoms with E-state index in [1.807, 2.05) is 25.1 Å². The number of aliphatic hydroxyl groups is 1. The Morgan fingerprint density at radius 2 is 1.94 bits per heavy atom. The summed E-state index contributed by atoms with van der Waals surface area (Å²) in [5.41, 5.74) is 1.43. The topological polar surface area (TPSA) is 41.5 Å². The normalized spacial score (nSPS) is 34.6. The average molecular weight is 247 g/mol. The van der Waals surface area contributed by atoms with Crippen LogP contribution in [0.15, 0.2) is 18.2 Å². The van der Waals surface area contributed by atoms with Crippen molar-refractivity contribution in [2.24, 2.45) is 0 Å². The van der Waals surface area contributed by atoms with Gasteiger partial charge in [-0.2, -0.15) is 0 Å². The zero-order valence-corrected chi connectivity index (χ0v) is 11.1. The fraction of sp³-hybridized carbons (Fsp3) is 0.600. The molecule has 2 aliphatic heterocycles. The quantitative estimate of drug-likeness (QED) is 0.841. The van der Waals surface area contributed by atoms with E-state index in [0.717, 1.165) is 29.7 Å². The van der Waals surface area contributed by atoms with Crippen LogP contribution in [0.5, 0.6) is 5.75 Å². The molecule has 0 amide bonds. The van der Waals surface area contributed by atoms with Gasteiger partial charge in [-0.05, 0) is 49.8 Å². The maximum atomic E-state index is 10.9. The zero-order valence-electron chi connectivity index (χ0n) is 11.1. The van der Waals surface area contributed by atoms with Gasteiger partial charge in [0.25, 0.3) is 0 Å². The number of piperidine rings is 1. The Balaban J connectivity index is 1.93. The van der Waals surface area contributed by atoms with Gasteiger partial charge in [0.1, 0.15) is 5.75 Å². The molecule has 2 N–H and O–H groups in total. The Hall–Kier alpha value is -1.06. The van der Waals surface area contributed by atoms with Crippen LogP contribution in [-0.4, -0.2) is 24.3 Å². The number of ether oxygens (including phenoxy) is 1. The highest BCUT2D eigenvalue weighted by molar-refractivity contribution is 5.39. The highest BCUT2D eigenvalue weighted by Gasteiger charge is 2.43. The molecule has 2 heterocycles. The van der Waals surface area contributed by atoms with Crippen LogP contribution in [0.1, 0.15) is 36.8 Å². The summed E-state index contributed by atoms with van der Waals surface area (Å²) >= 11 is 0. The Kier molecular flexibility index (Phi) is 2.83. The maximum absolute atomic E-state index is 10.9. The fourth-order valence-electron chi connectivity index (χ4n) is 3.47. The van der Waals surface area contributed by atoms with Crippen molar-refractivity contribution in [1.82, 2.24) is 5.32 Å². The van der Waals surface area contributed by atoms with Gasteiger partial charge in [0.05, 0.1) is 12.7 Å². The van der Waals surface area contributed by atoms with Gasteiger partial charge in [-0.15, -0.1) is 0 Å². The monoisotopic (exact) mass is 247 g/mol. The van der Waals surface area contributed by atoms with Crippen LogP contribution < -0.4 is 10.1 Å². The second-order valence-corrected chi connectivity index (χ2v) is 5.76. The molecule has 3 heteroatoms. The lowest BCUT2D eigenvalue weighted by Crippen LogP contribution is -2.46. The third kappa shape index (κ3) is 1.91. The summed E-state index contributed by atoms with van der Waals surface area (Å²) in [6, 6.07) is 7.03. The standard InChI is InChI=1S/C15H21NO2/c1-10-3-4-11(7-14(10)18-2)15(17)8-12-5-6-13(9-15)16-12/h3-4,7,12-13,16-17H,5-6,8-9H2,1-2H3. The van der Waals surface area contributed by atoms with Crippen molar-refractivity contribution in [3.05, 3.63) is 29.3 Å². The molecular formula is C15H21NO2. The second kappa shape index (κ2) is 4.25. The Morgan fingerprint density at radius 1 is 1.28 bits per heavy atom. The summed E-state index contributed by atoms with van der Waals surface area (Å²) in [5, 5.41) is 14.5. The lowest BCUT2D eigenvalue weighted by atomic mass is 9.81. The second-order valence-electron chi connectivity index (χ2n) is 5.76. The van der Waals surface area contributed by atoms with Crippen LogP contribution in [0.4, 0.5) is 0 Å². The number of hydrogen-bond acceptors (Lipinski definition) is 3. The van der Waals surface area contributed by atoms with E-state index in [-0.39, 0.29) is 0 Å². The molecule has 0 saturated carbocycles. The number of methoxy groups -OCH3 is 1. The maximum Gasteiger partial charge on any atom is 0.122 e. The lowest BCUT2D eigenvalue weighted by Gasteiger charge is -2.37. The molecule has 0 spiro atoms. The minimum atomic E-state index is -0.682. The van der Waals surface area contributed by atoms with E-state index in [1.54, 1.807) is 7.11 Å². The molecule has 2 saturated heterocycles. The zero-order chi connectivity index (χ0) is 12.8. The first-order valence-corrected chi connectivity index (χ1v) is 6.74. The van der Waals surface area contributed by atoms with Crippen LogP contribution in [0.25, 0.3) is 0 Å². The predicted molar refractivity (Wildman–Crippen MR) is 70.8 cm³/mol. The molecule has 2 bridgehead atoms. The van der Waals surface area contributed by atoms with Gasteiger partial charge >= 0.3 is 0 Å². The van der Waals surface area contributed by atoms with Crippen LogP contribution in [0.3, 0.4) is 0 Å². The summed E-state index contributed by atoms with van der Waals surface area (Å²) in [7, 11) is 1.68. The Morgan fingerprint density at radius 3 is 2.56 bits per heavy atom. The number of fused-ring (bicyclic) bond motifs is 2. The van der Waals surface area contributed by atoms with Crippen LogP contribution >= 0.6 is 0 Å². The van der Waals surface area contributed by atoms with Gasteiger partial charge in [-0.1, -0.05) is 12.1 Å². The van der Waals surface area contributed by atoms with Gasteiger partial charge in [-0.25, -0.2) is 0 Å². The number of rotatable bonds is 2. The first-order valence-electron chi connectivity index (χ1n) is 6.74. The van der Waals surface area contributed by atoms with E-state index in [2.05, 4.69) is 5.32 Å². The summed E-state index contributed by atoms with van der Waals surface area (Å²) in [5.74, 6) is 0.867. The SMILES string of the molecule is COc1cc(C2(O)CC3CCC(C2)N3)ccc1C. The van der Waals surface area contributed by atoms with Gasteiger partial charge in [0.2, 0.25) is 0 Å². The molecule has 1 aromatic carbocycles. The van der Waals surface area contributed by atoms with Crippen molar-refractivity contribution in [2.75, 3.05) is 7.11 Å². The summed E-state index contributed by atoms with van der Waals surface area (Å²) in [4.78, 5) is 0. The first-order chi connectivity index (χ1) is 8.60. The minimum absolute atomic E-state index is 0.473. The molecule has 3 rings (SSSR count). The van der Waals surface area contributed by atoms with Gasteiger partial charge in [-0.3, -0.25) is 0 Å². The Labute approximate surface area is 108 Å². The van der Waals surface area contributed by atoms with E-state index in [9.17, 15) is 5.11 Å². The van der Waals surface area contributed by atoms with Crippen molar-refractivity contribution in [3.8, 4) is 5.75 Å². The summed E-state index contributed by atoms with van der Waals surface area (Å²) in [6.07, 6.45) is 4.01.